The normalized spacial score (nSPS) is 12.6. The average molecular weight is 344 g/mol. The van der Waals surface area contributed by atoms with Gasteiger partial charge in [-0.2, -0.15) is 5.10 Å². The van der Waals surface area contributed by atoms with Crippen molar-refractivity contribution in [2.75, 3.05) is 7.11 Å². The summed E-state index contributed by atoms with van der Waals surface area (Å²) in [7, 11) is 1.63. The van der Waals surface area contributed by atoms with Crippen molar-refractivity contribution in [1.82, 2.24) is 20.4 Å². The third-order valence-corrected chi connectivity index (χ3v) is 4.05. The Morgan fingerprint density at radius 1 is 1.28 bits per heavy atom. The summed E-state index contributed by atoms with van der Waals surface area (Å²) >= 11 is 0. The molecule has 2 N–H and O–H groups in total. The van der Waals surface area contributed by atoms with Crippen molar-refractivity contribution in [1.29, 1.82) is 0 Å². The molecule has 1 aromatic carbocycles. The minimum absolute atomic E-state index is 0.0840. The largest absolute Gasteiger partial charge is 0.497 e. The zero-order valence-electron chi connectivity index (χ0n) is 15.9. The first-order valence-corrected chi connectivity index (χ1v) is 8.44. The first-order chi connectivity index (χ1) is 11.7. The number of aryl methyl sites for hydroxylation is 1. The molecule has 0 fully saturated rings. The predicted molar refractivity (Wildman–Crippen MR) is 98.7 cm³/mol. The van der Waals surface area contributed by atoms with Gasteiger partial charge in [-0.25, -0.2) is 4.79 Å². The lowest BCUT2D eigenvalue weighted by atomic mass is 10.1. The van der Waals surface area contributed by atoms with Crippen LogP contribution in [0.5, 0.6) is 5.75 Å². The minimum atomic E-state index is -0.203. The van der Waals surface area contributed by atoms with E-state index in [4.69, 9.17) is 4.74 Å². The molecular formula is C19H28N4O2. The topological polar surface area (TPSA) is 68.2 Å². The Bertz CT molecular complexity index is 714. The number of aromatic nitrogens is 2. The van der Waals surface area contributed by atoms with Crippen molar-refractivity contribution < 1.29 is 9.53 Å². The lowest BCUT2D eigenvalue weighted by molar-refractivity contribution is 0.237. The number of nitrogens with zero attached hydrogens (tertiary/aromatic N) is 2. The van der Waals surface area contributed by atoms with Gasteiger partial charge in [-0.05, 0) is 52.3 Å². The number of methoxy groups -OCH3 is 1. The van der Waals surface area contributed by atoms with Crippen LogP contribution in [0.2, 0.25) is 0 Å². The molecule has 2 aromatic rings. The number of amides is 2. The molecule has 0 aliphatic rings. The van der Waals surface area contributed by atoms with Crippen LogP contribution in [0.3, 0.4) is 0 Å². The Morgan fingerprint density at radius 2 is 1.92 bits per heavy atom. The summed E-state index contributed by atoms with van der Waals surface area (Å²) in [6.45, 7) is 10.7. The van der Waals surface area contributed by atoms with Crippen molar-refractivity contribution in [3.05, 3.63) is 47.3 Å². The summed E-state index contributed by atoms with van der Waals surface area (Å²) in [4.78, 5) is 12.2. The van der Waals surface area contributed by atoms with Crippen molar-refractivity contribution in [2.24, 2.45) is 0 Å². The smallest absolute Gasteiger partial charge is 0.315 e. The van der Waals surface area contributed by atoms with Crippen LogP contribution in [0.1, 0.15) is 50.6 Å². The maximum atomic E-state index is 12.2. The lowest BCUT2D eigenvalue weighted by Crippen LogP contribution is -2.36. The summed E-state index contributed by atoms with van der Waals surface area (Å²) in [6, 6.07) is 7.29. The van der Waals surface area contributed by atoms with Crippen LogP contribution in [0, 0.1) is 6.92 Å². The monoisotopic (exact) mass is 344 g/mol. The van der Waals surface area contributed by atoms with Crippen LogP contribution in [-0.4, -0.2) is 22.9 Å². The fraction of sp³-hybridized carbons (Fsp3) is 0.474. The van der Waals surface area contributed by atoms with Crippen LogP contribution >= 0.6 is 0 Å². The molecule has 1 unspecified atom stereocenters. The van der Waals surface area contributed by atoms with Gasteiger partial charge in [-0.15, -0.1) is 0 Å². The van der Waals surface area contributed by atoms with E-state index in [0.29, 0.717) is 6.54 Å². The average Bonchev–Trinajstić information content (AvgIpc) is 2.95. The Labute approximate surface area is 149 Å². The van der Waals surface area contributed by atoms with Crippen molar-refractivity contribution in [3.63, 3.8) is 0 Å². The molecular weight excluding hydrogens is 316 g/mol. The van der Waals surface area contributed by atoms with Crippen molar-refractivity contribution >= 4 is 6.03 Å². The van der Waals surface area contributed by atoms with E-state index in [2.05, 4.69) is 36.5 Å². The Kier molecular flexibility index (Phi) is 5.72. The molecule has 1 aromatic heterocycles. The third-order valence-electron chi connectivity index (χ3n) is 4.05. The molecule has 1 atom stereocenters. The molecule has 1 heterocycles. The van der Waals surface area contributed by atoms with E-state index >= 15 is 0 Å². The molecule has 6 nitrogen and oxygen atoms in total. The molecule has 0 spiro atoms. The summed E-state index contributed by atoms with van der Waals surface area (Å²) in [5, 5.41) is 10.4. The number of nitrogens with one attached hydrogen (secondary N) is 2. The number of carbonyl (C=O) groups excluding carboxylic acids is 1. The quantitative estimate of drug-likeness (QED) is 0.872. The van der Waals surface area contributed by atoms with Crippen molar-refractivity contribution in [3.8, 4) is 5.75 Å². The highest BCUT2D eigenvalue weighted by Gasteiger charge is 2.20. The van der Waals surface area contributed by atoms with E-state index in [9.17, 15) is 4.79 Å². The summed E-state index contributed by atoms with van der Waals surface area (Å²) < 4.78 is 7.06. The zero-order chi connectivity index (χ0) is 18.6. The SMILES string of the molecule is COc1ccc(CNC(=O)NC(C)c2cn(C(C)(C)C)nc2C)cc1. The van der Waals surface area contributed by atoms with Crippen LogP contribution in [0.25, 0.3) is 0 Å². The van der Waals surface area contributed by atoms with Gasteiger partial charge in [0.2, 0.25) is 0 Å². The highest BCUT2D eigenvalue weighted by atomic mass is 16.5. The van der Waals surface area contributed by atoms with Gasteiger partial charge in [0.15, 0.2) is 0 Å². The molecule has 0 radical (unpaired) electrons. The molecule has 0 aliphatic heterocycles. The van der Waals surface area contributed by atoms with Gasteiger partial charge in [-0.1, -0.05) is 12.1 Å². The molecule has 0 bridgehead atoms. The molecule has 2 amide bonds. The second-order valence-electron chi connectivity index (χ2n) is 7.18. The van der Waals surface area contributed by atoms with E-state index in [1.165, 1.54) is 0 Å². The van der Waals surface area contributed by atoms with Gasteiger partial charge in [0, 0.05) is 18.3 Å². The number of rotatable bonds is 5. The summed E-state index contributed by atoms with van der Waals surface area (Å²) in [5.41, 5.74) is 2.88. The number of benzene rings is 1. The first kappa shape index (κ1) is 18.8. The second kappa shape index (κ2) is 7.59. The van der Waals surface area contributed by atoms with Crippen LogP contribution in [0.4, 0.5) is 4.79 Å². The van der Waals surface area contributed by atoms with Crippen LogP contribution in [0.15, 0.2) is 30.5 Å². The van der Waals surface area contributed by atoms with Gasteiger partial charge >= 0.3 is 6.03 Å². The molecule has 0 aliphatic carbocycles. The minimum Gasteiger partial charge on any atom is -0.497 e. The highest BCUT2D eigenvalue weighted by molar-refractivity contribution is 5.74. The van der Waals surface area contributed by atoms with E-state index in [-0.39, 0.29) is 17.6 Å². The first-order valence-electron chi connectivity index (χ1n) is 8.44. The number of hydrogen-bond acceptors (Lipinski definition) is 3. The highest BCUT2D eigenvalue weighted by Crippen LogP contribution is 2.21. The van der Waals surface area contributed by atoms with Crippen molar-refractivity contribution in [2.45, 2.75) is 52.7 Å². The molecule has 0 saturated carbocycles. The molecule has 2 rings (SSSR count). The second-order valence-corrected chi connectivity index (χ2v) is 7.18. The van der Waals surface area contributed by atoms with E-state index in [1.807, 2.05) is 49.0 Å². The fourth-order valence-corrected chi connectivity index (χ4v) is 2.49. The van der Waals surface area contributed by atoms with Gasteiger partial charge in [0.1, 0.15) is 5.75 Å². The number of ether oxygens (including phenoxy) is 1. The standard InChI is InChI=1S/C19H28N4O2/c1-13(17-12-23(19(3,4)5)22-14(17)2)21-18(24)20-11-15-7-9-16(25-6)10-8-15/h7-10,12-13H,11H2,1-6H3,(H2,20,21,24). The van der Waals surface area contributed by atoms with Gasteiger partial charge < -0.3 is 15.4 Å². The van der Waals surface area contributed by atoms with E-state index in [0.717, 1.165) is 22.6 Å². The summed E-state index contributed by atoms with van der Waals surface area (Å²) in [6.07, 6.45) is 2.00. The zero-order valence-corrected chi connectivity index (χ0v) is 15.9. The Hall–Kier alpha value is -2.50. The Balaban J connectivity index is 1.92. The number of urea groups is 1. The molecule has 0 saturated heterocycles. The lowest BCUT2D eigenvalue weighted by Gasteiger charge is -2.19. The maximum absolute atomic E-state index is 12.2. The van der Waals surface area contributed by atoms with Gasteiger partial charge in [0.05, 0.1) is 24.4 Å². The summed E-state index contributed by atoms with van der Waals surface area (Å²) in [5.74, 6) is 0.799. The Morgan fingerprint density at radius 3 is 2.44 bits per heavy atom. The van der Waals surface area contributed by atoms with Crippen LogP contribution < -0.4 is 15.4 Å². The molecule has 25 heavy (non-hydrogen) atoms. The molecule has 6 heteroatoms. The number of carbonyl (C=O) groups is 1. The van der Waals surface area contributed by atoms with Gasteiger partial charge in [-0.3, -0.25) is 4.68 Å². The maximum Gasteiger partial charge on any atom is 0.315 e. The fourth-order valence-electron chi connectivity index (χ4n) is 2.49. The third kappa shape index (κ3) is 4.98. The van der Waals surface area contributed by atoms with E-state index < -0.39 is 0 Å². The van der Waals surface area contributed by atoms with Gasteiger partial charge in [0.25, 0.3) is 0 Å². The molecule has 136 valence electrons. The number of hydrogen-bond donors (Lipinski definition) is 2. The van der Waals surface area contributed by atoms with Crippen LogP contribution in [-0.2, 0) is 12.1 Å². The van der Waals surface area contributed by atoms with E-state index in [1.54, 1.807) is 7.11 Å². The predicted octanol–water partition coefficient (Wildman–Crippen LogP) is 3.52.